The number of ether oxygens (including phenoxy) is 1. The minimum absolute atomic E-state index is 0.0399. The predicted molar refractivity (Wildman–Crippen MR) is 133 cm³/mol. The van der Waals surface area contributed by atoms with Gasteiger partial charge in [-0.05, 0) is 48.4 Å². The SMILES string of the molecule is Cc1noc(C)c1COc1cc2ccccc2cc1C(=O)NCc1ccccc1S(=O)(=O)N(C)C. The molecule has 35 heavy (non-hydrogen) atoms. The fourth-order valence-corrected chi connectivity index (χ4v) is 4.86. The number of aromatic nitrogens is 1. The molecule has 0 unspecified atom stereocenters. The van der Waals surface area contributed by atoms with Crippen molar-refractivity contribution in [3.8, 4) is 5.75 Å². The number of carbonyl (C=O) groups excluding carboxylic acids is 1. The van der Waals surface area contributed by atoms with E-state index in [1.54, 1.807) is 24.3 Å². The zero-order chi connectivity index (χ0) is 25.2. The third-order valence-corrected chi connectivity index (χ3v) is 7.73. The normalized spacial score (nSPS) is 11.7. The summed E-state index contributed by atoms with van der Waals surface area (Å²) in [5.41, 5.74) is 2.40. The second kappa shape index (κ2) is 9.89. The lowest BCUT2D eigenvalue weighted by Gasteiger charge is -2.16. The fourth-order valence-electron chi connectivity index (χ4n) is 3.74. The summed E-state index contributed by atoms with van der Waals surface area (Å²) in [4.78, 5) is 13.4. The van der Waals surface area contributed by atoms with Crippen molar-refractivity contribution in [3.63, 3.8) is 0 Å². The van der Waals surface area contributed by atoms with Crippen LogP contribution in [0.1, 0.15) is 32.9 Å². The van der Waals surface area contributed by atoms with Crippen LogP contribution in [0.25, 0.3) is 10.8 Å². The van der Waals surface area contributed by atoms with Crippen molar-refractivity contribution in [1.29, 1.82) is 0 Å². The summed E-state index contributed by atoms with van der Waals surface area (Å²) in [6.45, 7) is 3.89. The molecule has 9 heteroatoms. The highest BCUT2D eigenvalue weighted by atomic mass is 32.2. The largest absolute Gasteiger partial charge is 0.488 e. The van der Waals surface area contributed by atoms with Crippen LogP contribution in [0.2, 0.25) is 0 Å². The zero-order valence-corrected chi connectivity index (χ0v) is 20.8. The average molecular weight is 494 g/mol. The number of aryl methyl sites for hydroxylation is 2. The Labute approximate surface area is 204 Å². The quantitative estimate of drug-likeness (QED) is 0.395. The monoisotopic (exact) mass is 493 g/mol. The van der Waals surface area contributed by atoms with E-state index in [2.05, 4.69) is 10.5 Å². The van der Waals surface area contributed by atoms with Crippen LogP contribution >= 0.6 is 0 Å². The number of nitrogens with one attached hydrogen (secondary N) is 1. The van der Waals surface area contributed by atoms with Gasteiger partial charge in [0, 0.05) is 20.6 Å². The van der Waals surface area contributed by atoms with Crippen molar-refractivity contribution in [2.45, 2.75) is 31.9 Å². The molecule has 0 spiro atoms. The molecule has 0 atom stereocenters. The van der Waals surface area contributed by atoms with Crippen molar-refractivity contribution in [2.24, 2.45) is 0 Å². The molecule has 4 aromatic rings. The van der Waals surface area contributed by atoms with Gasteiger partial charge in [0.05, 0.1) is 21.7 Å². The Morgan fingerprint density at radius 3 is 2.34 bits per heavy atom. The van der Waals surface area contributed by atoms with Crippen LogP contribution in [0.4, 0.5) is 0 Å². The molecule has 1 amide bonds. The third kappa shape index (κ3) is 5.06. The summed E-state index contributed by atoms with van der Waals surface area (Å²) < 4.78 is 37.8. The molecule has 0 aliphatic heterocycles. The summed E-state index contributed by atoms with van der Waals surface area (Å²) >= 11 is 0. The molecule has 4 rings (SSSR count). The second-order valence-electron chi connectivity index (χ2n) is 8.36. The first kappa shape index (κ1) is 24.4. The lowest BCUT2D eigenvalue weighted by molar-refractivity contribution is 0.0946. The highest BCUT2D eigenvalue weighted by Crippen LogP contribution is 2.28. The molecular formula is C26H27N3O5S. The van der Waals surface area contributed by atoms with E-state index in [1.165, 1.54) is 20.2 Å². The van der Waals surface area contributed by atoms with Crippen molar-refractivity contribution < 1.29 is 22.5 Å². The number of rotatable bonds is 8. The minimum atomic E-state index is -3.66. The fraction of sp³-hybridized carbons (Fsp3) is 0.231. The van der Waals surface area contributed by atoms with Crippen molar-refractivity contribution in [2.75, 3.05) is 14.1 Å². The molecule has 0 fully saturated rings. The van der Waals surface area contributed by atoms with Gasteiger partial charge in [0.1, 0.15) is 18.1 Å². The summed E-state index contributed by atoms with van der Waals surface area (Å²) in [5, 5.41) is 8.63. The summed E-state index contributed by atoms with van der Waals surface area (Å²) in [6.07, 6.45) is 0. The molecule has 0 aliphatic carbocycles. The summed E-state index contributed by atoms with van der Waals surface area (Å²) in [7, 11) is -0.707. The van der Waals surface area contributed by atoms with Gasteiger partial charge < -0.3 is 14.6 Å². The van der Waals surface area contributed by atoms with E-state index < -0.39 is 10.0 Å². The summed E-state index contributed by atoms with van der Waals surface area (Å²) in [5.74, 6) is 0.699. The smallest absolute Gasteiger partial charge is 0.255 e. The Bertz CT molecular complexity index is 1470. The highest BCUT2D eigenvalue weighted by Gasteiger charge is 2.22. The topological polar surface area (TPSA) is 102 Å². The highest BCUT2D eigenvalue weighted by molar-refractivity contribution is 7.89. The van der Waals surface area contributed by atoms with E-state index in [9.17, 15) is 13.2 Å². The van der Waals surface area contributed by atoms with Gasteiger partial charge in [0.25, 0.3) is 5.91 Å². The molecule has 1 aromatic heterocycles. The van der Waals surface area contributed by atoms with E-state index in [0.29, 0.717) is 22.6 Å². The van der Waals surface area contributed by atoms with Gasteiger partial charge >= 0.3 is 0 Å². The number of benzene rings is 3. The third-order valence-electron chi connectivity index (χ3n) is 5.82. The Hall–Kier alpha value is -3.69. The molecule has 0 saturated heterocycles. The second-order valence-corrected chi connectivity index (χ2v) is 10.5. The van der Waals surface area contributed by atoms with E-state index in [4.69, 9.17) is 9.26 Å². The molecular weight excluding hydrogens is 466 g/mol. The van der Waals surface area contributed by atoms with Crippen LogP contribution in [-0.2, 0) is 23.2 Å². The van der Waals surface area contributed by atoms with Crippen LogP contribution in [0, 0.1) is 13.8 Å². The molecule has 182 valence electrons. The van der Waals surface area contributed by atoms with Crippen molar-refractivity contribution >= 4 is 26.7 Å². The number of hydrogen-bond donors (Lipinski definition) is 1. The van der Waals surface area contributed by atoms with Gasteiger partial charge in [-0.3, -0.25) is 4.79 Å². The van der Waals surface area contributed by atoms with Crippen molar-refractivity contribution in [3.05, 3.63) is 88.8 Å². The van der Waals surface area contributed by atoms with Crippen LogP contribution in [0.5, 0.6) is 5.75 Å². The first-order chi connectivity index (χ1) is 16.7. The summed E-state index contributed by atoms with van der Waals surface area (Å²) in [6, 6.07) is 17.9. The lowest BCUT2D eigenvalue weighted by Crippen LogP contribution is -2.27. The minimum Gasteiger partial charge on any atom is -0.488 e. The molecule has 8 nitrogen and oxygen atoms in total. The number of fused-ring (bicyclic) bond motifs is 1. The molecule has 0 radical (unpaired) electrons. The van der Waals surface area contributed by atoms with Gasteiger partial charge in [0.15, 0.2) is 0 Å². The standard InChI is InChI=1S/C26H27N3O5S/c1-17-23(18(2)34-28-17)16-33-24-14-20-10-6-5-9-19(20)13-22(24)26(30)27-15-21-11-7-8-12-25(21)35(31,32)29(3)4/h5-14H,15-16H2,1-4H3,(H,27,30). The molecule has 0 bridgehead atoms. The molecule has 3 aromatic carbocycles. The van der Waals surface area contributed by atoms with Crippen LogP contribution in [0.3, 0.4) is 0 Å². The zero-order valence-electron chi connectivity index (χ0n) is 20.0. The van der Waals surface area contributed by atoms with Crippen LogP contribution in [0.15, 0.2) is 70.1 Å². The predicted octanol–water partition coefficient (Wildman–Crippen LogP) is 4.20. The molecule has 0 saturated carbocycles. The number of sulfonamides is 1. The van der Waals surface area contributed by atoms with Gasteiger partial charge in [-0.15, -0.1) is 0 Å². The number of hydrogen-bond acceptors (Lipinski definition) is 6. The maximum Gasteiger partial charge on any atom is 0.255 e. The van der Waals surface area contributed by atoms with Gasteiger partial charge in [0.2, 0.25) is 10.0 Å². The average Bonchev–Trinajstić information content (AvgIpc) is 3.17. The Kier molecular flexibility index (Phi) is 6.90. The van der Waals surface area contributed by atoms with Gasteiger partial charge in [-0.1, -0.05) is 47.6 Å². The Morgan fingerprint density at radius 2 is 1.69 bits per heavy atom. The van der Waals surface area contributed by atoms with E-state index in [-0.39, 0.29) is 24.0 Å². The number of amides is 1. The van der Waals surface area contributed by atoms with Crippen LogP contribution < -0.4 is 10.1 Å². The molecule has 1 heterocycles. The number of nitrogens with zero attached hydrogens (tertiary/aromatic N) is 2. The maximum atomic E-state index is 13.3. The molecule has 1 N–H and O–H groups in total. The first-order valence-corrected chi connectivity index (χ1v) is 12.5. The van der Waals surface area contributed by atoms with E-state index in [0.717, 1.165) is 26.3 Å². The number of carbonyl (C=O) groups is 1. The van der Waals surface area contributed by atoms with Gasteiger partial charge in [-0.25, -0.2) is 12.7 Å². The Balaban J connectivity index is 1.63. The van der Waals surface area contributed by atoms with Crippen molar-refractivity contribution in [1.82, 2.24) is 14.8 Å². The maximum absolute atomic E-state index is 13.3. The molecule has 0 aliphatic rings. The van der Waals surface area contributed by atoms with E-state index in [1.807, 2.05) is 44.2 Å². The van der Waals surface area contributed by atoms with E-state index >= 15 is 0 Å². The Morgan fingerprint density at radius 1 is 1.03 bits per heavy atom. The van der Waals surface area contributed by atoms with Gasteiger partial charge in [-0.2, -0.15) is 0 Å². The first-order valence-electron chi connectivity index (χ1n) is 11.0. The van der Waals surface area contributed by atoms with Crippen LogP contribution in [-0.4, -0.2) is 37.9 Å². The lowest BCUT2D eigenvalue weighted by atomic mass is 10.0.